The van der Waals surface area contributed by atoms with Gasteiger partial charge in [-0.3, -0.25) is 9.36 Å². The van der Waals surface area contributed by atoms with E-state index in [1.54, 1.807) is 20.8 Å². The predicted octanol–water partition coefficient (Wildman–Crippen LogP) is 2.66. The van der Waals surface area contributed by atoms with E-state index in [9.17, 15) is 14.2 Å². The molecule has 1 unspecified atom stereocenters. The third-order valence-electron chi connectivity index (χ3n) is 3.33. The molecule has 0 radical (unpaired) electrons. The van der Waals surface area contributed by atoms with Crippen LogP contribution in [0.3, 0.4) is 0 Å². The van der Waals surface area contributed by atoms with Gasteiger partial charge in [-0.05, 0) is 41.5 Å². The molecule has 0 spiro atoms. The molecule has 0 bridgehead atoms. The number of esters is 2. The van der Waals surface area contributed by atoms with Crippen molar-refractivity contribution in [3.05, 3.63) is 11.9 Å². The Bertz CT molecular complexity index is 740. The molecule has 1 aromatic rings. The zero-order valence-electron chi connectivity index (χ0n) is 17.6. The normalized spacial score (nSPS) is 14.3. The molecule has 166 valence electrons. The van der Waals surface area contributed by atoms with Crippen LogP contribution in [0.15, 0.2) is 6.20 Å². The molecule has 0 aromatic carbocycles. The second-order valence-corrected chi connectivity index (χ2v) is 9.20. The monoisotopic (exact) mass is 437 g/mol. The van der Waals surface area contributed by atoms with Gasteiger partial charge >= 0.3 is 24.9 Å². The first kappa shape index (κ1) is 25.2. The Morgan fingerprint density at radius 3 is 2.21 bits per heavy atom. The highest BCUT2D eigenvalue weighted by atomic mass is 31.2. The highest BCUT2D eigenvalue weighted by Gasteiger charge is 2.60. The summed E-state index contributed by atoms with van der Waals surface area (Å²) in [6.45, 7) is 8.94. The van der Waals surface area contributed by atoms with Gasteiger partial charge in [-0.2, -0.15) is 0 Å². The van der Waals surface area contributed by atoms with Crippen molar-refractivity contribution in [1.82, 2.24) is 15.0 Å². The van der Waals surface area contributed by atoms with Crippen molar-refractivity contribution in [2.75, 3.05) is 19.8 Å². The van der Waals surface area contributed by atoms with Gasteiger partial charge in [0.1, 0.15) is 12.1 Å². The minimum Gasteiger partial charge on any atom is -0.463 e. The lowest BCUT2D eigenvalue weighted by molar-refractivity contribution is -0.156. The molecule has 1 aromatic heterocycles. The Morgan fingerprint density at radius 1 is 1.14 bits per heavy atom. The van der Waals surface area contributed by atoms with Crippen LogP contribution in [0.1, 0.15) is 47.2 Å². The van der Waals surface area contributed by atoms with Crippen LogP contribution in [-0.4, -0.2) is 57.8 Å². The first-order chi connectivity index (χ1) is 13.4. The lowest BCUT2D eigenvalue weighted by atomic mass is 10.2. The summed E-state index contributed by atoms with van der Waals surface area (Å²) in [5, 5.41) is 4.35. The van der Waals surface area contributed by atoms with Crippen LogP contribution in [-0.2, 0) is 45.6 Å². The van der Waals surface area contributed by atoms with Gasteiger partial charge in [0, 0.05) is 6.20 Å². The van der Waals surface area contributed by atoms with Gasteiger partial charge in [0.25, 0.3) is 0 Å². The van der Waals surface area contributed by atoms with E-state index in [1.807, 2.05) is 0 Å². The van der Waals surface area contributed by atoms with Crippen molar-refractivity contribution >= 4 is 19.5 Å². The third kappa shape index (κ3) is 6.87. The van der Waals surface area contributed by atoms with Gasteiger partial charge in [0.2, 0.25) is 0 Å². The average molecular weight is 437 g/mol. The first-order valence-corrected chi connectivity index (χ1v) is 10.8. The fourth-order valence-electron chi connectivity index (χ4n) is 2.35. The second-order valence-electron chi connectivity index (χ2n) is 6.98. The van der Waals surface area contributed by atoms with Crippen LogP contribution in [0.4, 0.5) is 4.39 Å². The molecule has 0 fully saturated rings. The van der Waals surface area contributed by atoms with Crippen LogP contribution in [0, 0.1) is 0 Å². The fourth-order valence-corrected chi connectivity index (χ4v) is 4.15. The Labute approximate surface area is 169 Å². The summed E-state index contributed by atoms with van der Waals surface area (Å²) in [6.07, 6.45) is 0.483. The summed E-state index contributed by atoms with van der Waals surface area (Å²) >= 11 is 0. The first-order valence-electron chi connectivity index (χ1n) is 9.27. The van der Waals surface area contributed by atoms with Gasteiger partial charge in [-0.1, -0.05) is 5.21 Å². The van der Waals surface area contributed by atoms with Crippen molar-refractivity contribution in [1.29, 1.82) is 0 Å². The van der Waals surface area contributed by atoms with E-state index in [0.717, 1.165) is 4.68 Å². The summed E-state index contributed by atoms with van der Waals surface area (Å²) in [5.41, 5.74) is -0.719. The summed E-state index contributed by atoms with van der Waals surface area (Å²) in [6, 6.07) is 0. The molecule has 10 nitrogen and oxygen atoms in total. The van der Waals surface area contributed by atoms with E-state index in [0.29, 0.717) is 0 Å². The lowest BCUT2D eigenvalue weighted by Crippen LogP contribution is -2.39. The van der Waals surface area contributed by atoms with Gasteiger partial charge in [-0.15, -0.1) is 5.10 Å². The van der Waals surface area contributed by atoms with E-state index in [1.165, 1.54) is 27.0 Å². The highest BCUT2D eigenvalue weighted by Crippen LogP contribution is 2.62. The number of rotatable bonds is 11. The predicted molar refractivity (Wildman–Crippen MR) is 101 cm³/mol. The number of halogens is 1. The number of alkyl halides is 1. The molecule has 1 atom stereocenters. The average Bonchev–Trinajstić information content (AvgIpc) is 3.00. The van der Waals surface area contributed by atoms with Gasteiger partial charge in [0.15, 0.2) is 0 Å². The molecule has 0 aliphatic rings. The number of carbonyl (C=O) groups is 2. The molecule has 0 saturated carbocycles. The van der Waals surface area contributed by atoms with E-state index >= 15 is 4.39 Å². The molecular formula is C17H29FN3O7P. The van der Waals surface area contributed by atoms with Crippen LogP contribution >= 0.6 is 7.60 Å². The SMILES string of the molecule is CCOC(=O)C(F)(Cc1cn(CC(=O)OC(C)(C)C)nn1)P(=O)(OCC)OCC. The quantitative estimate of drug-likeness (QED) is 0.380. The number of ether oxygens (including phenoxy) is 2. The number of carbonyl (C=O) groups excluding carboxylic acids is 2. The Morgan fingerprint density at radius 2 is 1.72 bits per heavy atom. The fraction of sp³-hybridized carbons (Fsp3) is 0.765. The number of aromatic nitrogens is 3. The molecule has 1 rings (SSSR count). The molecule has 1 heterocycles. The van der Waals surface area contributed by atoms with E-state index < -0.39 is 37.0 Å². The maximum atomic E-state index is 15.8. The van der Waals surface area contributed by atoms with Crippen molar-refractivity contribution < 1.29 is 37.1 Å². The zero-order chi connectivity index (χ0) is 22.3. The van der Waals surface area contributed by atoms with Gasteiger partial charge in [-0.25, -0.2) is 13.9 Å². The number of hydrogen-bond acceptors (Lipinski definition) is 9. The standard InChI is InChI=1S/C17H29FN3O7P/c1-7-25-15(23)17(18,29(24,26-8-2)27-9-3)10-13-11-21(20-19-13)12-14(22)28-16(4,5)6/h11H,7-10,12H2,1-6H3. The summed E-state index contributed by atoms with van der Waals surface area (Å²) < 4.78 is 50.0. The maximum Gasteiger partial charge on any atom is 0.379 e. The van der Waals surface area contributed by atoms with Crippen LogP contribution in [0.25, 0.3) is 0 Å². The molecule has 0 amide bonds. The molecular weight excluding hydrogens is 408 g/mol. The van der Waals surface area contributed by atoms with Crippen LogP contribution in [0.2, 0.25) is 0 Å². The number of nitrogens with zero attached hydrogens (tertiary/aromatic N) is 3. The molecule has 0 saturated heterocycles. The molecule has 12 heteroatoms. The summed E-state index contributed by atoms with van der Waals surface area (Å²) in [5.74, 6) is -1.95. The molecule has 0 aliphatic heterocycles. The van der Waals surface area contributed by atoms with E-state index in [-0.39, 0.29) is 32.1 Å². The largest absolute Gasteiger partial charge is 0.463 e. The van der Waals surface area contributed by atoms with Crippen LogP contribution < -0.4 is 0 Å². The van der Waals surface area contributed by atoms with Crippen molar-refractivity contribution in [3.8, 4) is 0 Å². The Balaban J connectivity index is 3.12. The summed E-state index contributed by atoms with van der Waals surface area (Å²) in [4.78, 5) is 24.3. The lowest BCUT2D eigenvalue weighted by Gasteiger charge is -2.29. The van der Waals surface area contributed by atoms with Crippen molar-refractivity contribution in [2.24, 2.45) is 0 Å². The van der Waals surface area contributed by atoms with E-state index in [2.05, 4.69) is 10.3 Å². The topological polar surface area (TPSA) is 119 Å². The maximum absolute atomic E-state index is 15.8. The van der Waals surface area contributed by atoms with E-state index in [4.69, 9.17) is 18.5 Å². The zero-order valence-corrected chi connectivity index (χ0v) is 18.5. The van der Waals surface area contributed by atoms with Crippen molar-refractivity contribution in [2.45, 2.75) is 65.5 Å². The van der Waals surface area contributed by atoms with Crippen molar-refractivity contribution in [3.63, 3.8) is 0 Å². The number of hydrogen-bond donors (Lipinski definition) is 0. The van der Waals surface area contributed by atoms with Gasteiger partial charge in [0.05, 0.1) is 31.9 Å². The third-order valence-corrected chi connectivity index (χ3v) is 5.74. The smallest absolute Gasteiger partial charge is 0.379 e. The highest BCUT2D eigenvalue weighted by molar-refractivity contribution is 7.56. The minimum absolute atomic E-state index is 0.0382. The van der Waals surface area contributed by atoms with Crippen LogP contribution in [0.5, 0.6) is 0 Å². The minimum atomic E-state index is -4.55. The molecule has 29 heavy (non-hydrogen) atoms. The summed E-state index contributed by atoms with van der Waals surface area (Å²) in [7, 11) is -4.55. The molecule has 0 aliphatic carbocycles. The molecule has 0 N–H and O–H groups in total. The Kier molecular flexibility index (Phi) is 8.92. The van der Waals surface area contributed by atoms with Gasteiger partial charge < -0.3 is 18.5 Å². The second kappa shape index (κ2) is 10.3. The Hall–Kier alpha value is -1.84.